The number of amides is 1. The molecule has 0 fully saturated rings. The fourth-order valence-corrected chi connectivity index (χ4v) is 2.01. The monoisotopic (exact) mass is 250 g/mol. The van der Waals surface area contributed by atoms with Crippen molar-refractivity contribution in [3.8, 4) is 0 Å². The van der Waals surface area contributed by atoms with Crippen LogP contribution < -0.4 is 10.6 Å². The quantitative estimate of drug-likeness (QED) is 0.707. The maximum Gasteiger partial charge on any atom is 0.251 e. The number of anilines is 1. The molecule has 1 atom stereocenters. The van der Waals surface area contributed by atoms with Gasteiger partial charge in [0.2, 0.25) is 0 Å². The number of benzene rings is 1. The standard InChI is InChI=1S/C13H18N2O3/c1-18-8-11(16)7-15-13(17)10-2-3-12-9(6-10)4-5-14-12/h2-3,6,11,14,16H,4-5,7-8H2,1H3,(H,15,17). The van der Waals surface area contributed by atoms with Crippen LogP contribution in [0.2, 0.25) is 0 Å². The van der Waals surface area contributed by atoms with Gasteiger partial charge in [-0.1, -0.05) is 0 Å². The van der Waals surface area contributed by atoms with E-state index in [9.17, 15) is 9.90 Å². The molecule has 1 aromatic rings. The predicted octanol–water partition coefficient (Wildman–Crippen LogP) is 0.392. The predicted molar refractivity (Wildman–Crippen MR) is 68.9 cm³/mol. The van der Waals surface area contributed by atoms with Crippen molar-refractivity contribution in [3.05, 3.63) is 29.3 Å². The van der Waals surface area contributed by atoms with E-state index in [2.05, 4.69) is 10.6 Å². The number of aliphatic hydroxyl groups excluding tert-OH is 1. The first kappa shape index (κ1) is 12.9. The van der Waals surface area contributed by atoms with Gasteiger partial charge in [-0.2, -0.15) is 0 Å². The Kier molecular flexibility index (Phi) is 4.17. The highest BCUT2D eigenvalue weighted by Crippen LogP contribution is 2.22. The molecule has 1 amide bonds. The van der Waals surface area contributed by atoms with Gasteiger partial charge in [0.1, 0.15) is 0 Å². The van der Waals surface area contributed by atoms with Crippen molar-refractivity contribution in [3.63, 3.8) is 0 Å². The van der Waals surface area contributed by atoms with E-state index >= 15 is 0 Å². The van der Waals surface area contributed by atoms with Crippen LogP contribution in [0.15, 0.2) is 18.2 Å². The van der Waals surface area contributed by atoms with Crippen LogP contribution in [-0.4, -0.2) is 43.9 Å². The summed E-state index contributed by atoms with van der Waals surface area (Å²) in [7, 11) is 1.51. The van der Waals surface area contributed by atoms with E-state index < -0.39 is 6.10 Å². The molecule has 1 aliphatic rings. The highest BCUT2D eigenvalue weighted by molar-refractivity contribution is 5.95. The number of ether oxygens (including phenoxy) is 1. The molecule has 1 unspecified atom stereocenters. The third-order valence-electron chi connectivity index (χ3n) is 2.93. The van der Waals surface area contributed by atoms with Gasteiger partial charge in [-0.05, 0) is 30.2 Å². The van der Waals surface area contributed by atoms with Crippen LogP contribution in [0.3, 0.4) is 0 Å². The molecule has 0 spiro atoms. The molecule has 3 N–H and O–H groups in total. The Morgan fingerprint density at radius 2 is 2.44 bits per heavy atom. The SMILES string of the molecule is COCC(O)CNC(=O)c1ccc2c(c1)CCN2. The Hall–Kier alpha value is -1.59. The fourth-order valence-electron chi connectivity index (χ4n) is 2.01. The molecule has 0 aromatic heterocycles. The number of hydrogen-bond acceptors (Lipinski definition) is 4. The summed E-state index contributed by atoms with van der Waals surface area (Å²) in [4.78, 5) is 11.9. The van der Waals surface area contributed by atoms with Crippen molar-refractivity contribution in [1.29, 1.82) is 0 Å². The summed E-state index contributed by atoms with van der Waals surface area (Å²) in [6.07, 6.45) is 0.276. The number of hydrogen-bond donors (Lipinski definition) is 3. The smallest absolute Gasteiger partial charge is 0.251 e. The molecule has 1 heterocycles. The second-order valence-corrected chi connectivity index (χ2v) is 4.37. The summed E-state index contributed by atoms with van der Waals surface area (Å²) in [5, 5.41) is 15.4. The van der Waals surface area contributed by atoms with Gasteiger partial charge in [0, 0.05) is 31.5 Å². The molecule has 0 bridgehead atoms. The molecule has 98 valence electrons. The van der Waals surface area contributed by atoms with Crippen LogP contribution in [0.5, 0.6) is 0 Å². The average molecular weight is 250 g/mol. The van der Waals surface area contributed by atoms with Crippen molar-refractivity contribution in [2.45, 2.75) is 12.5 Å². The topological polar surface area (TPSA) is 70.6 Å². The van der Waals surface area contributed by atoms with Crippen LogP contribution in [-0.2, 0) is 11.2 Å². The number of methoxy groups -OCH3 is 1. The molecule has 1 aliphatic heterocycles. The highest BCUT2D eigenvalue weighted by Gasteiger charge is 2.14. The van der Waals surface area contributed by atoms with E-state index in [0.29, 0.717) is 5.56 Å². The maximum atomic E-state index is 11.9. The molecule has 18 heavy (non-hydrogen) atoms. The van der Waals surface area contributed by atoms with Gasteiger partial charge in [0.15, 0.2) is 0 Å². The number of aliphatic hydroxyl groups is 1. The van der Waals surface area contributed by atoms with Crippen LogP contribution >= 0.6 is 0 Å². The van der Waals surface area contributed by atoms with E-state index in [1.54, 1.807) is 6.07 Å². The third-order valence-corrected chi connectivity index (χ3v) is 2.93. The Morgan fingerprint density at radius 1 is 1.61 bits per heavy atom. The first-order valence-electron chi connectivity index (χ1n) is 6.02. The second-order valence-electron chi connectivity index (χ2n) is 4.37. The molecule has 5 heteroatoms. The zero-order valence-corrected chi connectivity index (χ0v) is 10.4. The molecular formula is C13H18N2O3. The van der Waals surface area contributed by atoms with Crippen LogP contribution in [0.25, 0.3) is 0 Å². The van der Waals surface area contributed by atoms with E-state index in [1.165, 1.54) is 12.7 Å². The van der Waals surface area contributed by atoms with Gasteiger partial charge in [-0.3, -0.25) is 4.79 Å². The van der Waals surface area contributed by atoms with Crippen LogP contribution in [0.4, 0.5) is 5.69 Å². The van der Waals surface area contributed by atoms with Crippen molar-refractivity contribution < 1.29 is 14.6 Å². The maximum absolute atomic E-state index is 11.9. The minimum Gasteiger partial charge on any atom is -0.389 e. The van der Waals surface area contributed by atoms with Crippen molar-refractivity contribution in [2.24, 2.45) is 0 Å². The first-order chi connectivity index (χ1) is 8.70. The van der Waals surface area contributed by atoms with Crippen molar-refractivity contribution in [1.82, 2.24) is 5.32 Å². The van der Waals surface area contributed by atoms with Gasteiger partial charge >= 0.3 is 0 Å². The number of nitrogens with one attached hydrogen (secondary N) is 2. The van der Waals surface area contributed by atoms with Gasteiger partial charge in [-0.25, -0.2) is 0 Å². The number of carbonyl (C=O) groups is 1. The number of fused-ring (bicyclic) bond motifs is 1. The largest absolute Gasteiger partial charge is 0.389 e. The minimum absolute atomic E-state index is 0.167. The van der Waals surface area contributed by atoms with Crippen LogP contribution in [0.1, 0.15) is 15.9 Å². The Morgan fingerprint density at radius 3 is 3.22 bits per heavy atom. The normalized spacial score (nSPS) is 14.8. The van der Waals surface area contributed by atoms with Gasteiger partial charge in [-0.15, -0.1) is 0 Å². The number of rotatable bonds is 5. The first-order valence-corrected chi connectivity index (χ1v) is 6.02. The molecule has 2 rings (SSSR count). The lowest BCUT2D eigenvalue weighted by Crippen LogP contribution is -2.34. The lowest BCUT2D eigenvalue weighted by molar-refractivity contribution is 0.0610. The van der Waals surface area contributed by atoms with E-state index in [1.807, 2.05) is 12.1 Å². The highest BCUT2D eigenvalue weighted by atomic mass is 16.5. The van der Waals surface area contributed by atoms with Crippen molar-refractivity contribution >= 4 is 11.6 Å². The fraction of sp³-hybridized carbons (Fsp3) is 0.462. The zero-order chi connectivity index (χ0) is 13.0. The Labute approximate surface area is 106 Å². The summed E-state index contributed by atoms with van der Waals surface area (Å²) >= 11 is 0. The minimum atomic E-state index is -0.671. The molecule has 0 saturated carbocycles. The summed E-state index contributed by atoms with van der Waals surface area (Å²) < 4.78 is 4.79. The van der Waals surface area contributed by atoms with E-state index in [4.69, 9.17) is 4.74 Å². The lowest BCUT2D eigenvalue weighted by atomic mass is 10.1. The second kappa shape index (κ2) is 5.84. The molecule has 0 saturated heterocycles. The summed E-state index contributed by atoms with van der Waals surface area (Å²) in [6, 6.07) is 5.60. The third kappa shape index (κ3) is 3.00. The summed E-state index contributed by atoms with van der Waals surface area (Å²) in [6.45, 7) is 1.34. The van der Waals surface area contributed by atoms with Gasteiger partial charge < -0.3 is 20.5 Å². The lowest BCUT2D eigenvalue weighted by Gasteiger charge is -2.11. The molecule has 1 aromatic carbocycles. The zero-order valence-electron chi connectivity index (χ0n) is 10.4. The molecular weight excluding hydrogens is 232 g/mol. The van der Waals surface area contributed by atoms with Gasteiger partial charge in [0.05, 0.1) is 12.7 Å². The Balaban J connectivity index is 1.93. The van der Waals surface area contributed by atoms with Gasteiger partial charge in [0.25, 0.3) is 5.91 Å². The number of carbonyl (C=O) groups excluding carboxylic acids is 1. The average Bonchev–Trinajstić information content (AvgIpc) is 2.83. The summed E-state index contributed by atoms with van der Waals surface area (Å²) in [5.41, 5.74) is 2.90. The molecule has 0 radical (unpaired) electrons. The van der Waals surface area contributed by atoms with Crippen molar-refractivity contribution in [2.75, 3.05) is 32.1 Å². The molecule has 0 aliphatic carbocycles. The molecule has 5 nitrogen and oxygen atoms in total. The summed E-state index contributed by atoms with van der Waals surface area (Å²) in [5.74, 6) is -0.167. The van der Waals surface area contributed by atoms with E-state index in [0.717, 1.165) is 18.7 Å². The van der Waals surface area contributed by atoms with E-state index in [-0.39, 0.29) is 19.1 Å². The Bertz CT molecular complexity index is 434. The van der Waals surface area contributed by atoms with Crippen LogP contribution in [0, 0.1) is 0 Å².